The highest BCUT2D eigenvalue weighted by Crippen LogP contribution is 2.26. The number of carbonyl (C=O) groups is 1. The molecule has 1 aromatic heterocycles. The van der Waals surface area contributed by atoms with Crippen molar-refractivity contribution in [2.24, 2.45) is 10.2 Å². The summed E-state index contributed by atoms with van der Waals surface area (Å²) in [4.78, 5) is 12.4. The summed E-state index contributed by atoms with van der Waals surface area (Å²) in [6.45, 7) is 0. The van der Waals surface area contributed by atoms with Crippen molar-refractivity contribution < 1.29 is 13.9 Å². The summed E-state index contributed by atoms with van der Waals surface area (Å²) in [7, 11) is 1.60. The van der Waals surface area contributed by atoms with E-state index in [1.807, 2.05) is 54.6 Å². The Balaban J connectivity index is 1.39. The monoisotopic (exact) mass is 385 g/mol. The average Bonchev–Trinajstić information content (AvgIpc) is 3.15. The summed E-state index contributed by atoms with van der Waals surface area (Å²) in [5.41, 5.74) is 3.72. The van der Waals surface area contributed by atoms with Crippen LogP contribution in [-0.2, 0) is 11.2 Å². The molecular weight excluding hydrogens is 366 g/mol. The standard InChI is InChI=1S/C23H19N3O3/c1-28-20-11-12-21-16(15-29-22(21)14-20)13-23(27)24-17-7-9-19(10-8-17)26-25-18-5-3-2-4-6-18/h2-12,14-15H,13H2,1H3,(H,24,27). The quantitative estimate of drug-likeness (QED) is 0.411. The number of anilines is 1. The number of amides is 1. The maximum Gasteiger partial charge on any atom is 0.228 e. The minimum atomic E-state index is -0.123. The predicted octanol–water partition coefficient (Wildman–Crippen LogP) is 6.04. The van der Waals surface area contributed by atoms with Crippen LogP contribution < -0.4 is 10.1 Å². The molecule has 4 rings (SSSR count). The van der Waals surface area contributed by atoms with Crippen LogP contribution >= 0.6 is 0 Å². The van der Waals surface area contributed by atoms with Crippen molar-refractivity contribution in [1.29, 1.82) is 0 Å². The van der Waals surface area contributed by atoms with E-state index in [2.05, 4.69) is 15.5 Å². The molecule has 4 aromatic rings. The minimum absolute atomic E-state index is 0.123. The summed E-state index contributed by atoms with van der Waals surface area (Å²) >= 11 is 0. The van der Waals surface area contributed by atoms with E-state index in [0.717, 1.165) is 16.6 Å². The Bertz CT molecular complexity index is 1150. The maximum absolute atomic E-state index is 12.4. The first-order chi connectivity index (χ1) is 14.2. The van der Waals surface area contributed by atoms with Gasteiger partial charge in [-0.05, 0) is 48.5 Å². The van der Waals surface area contributed by atoms with E-state index < -0.39 is 0 Å². The number of methoxy groups -OCH3 is 1. The zero-order chi connectivity index (χ0) is 20.1. The molecule has 0 saturated carbocycles. The normalized spacial score (nSPS) is 11.1. The number of hydrogen-bond acceptors (Lipinski definition) is 5. The molecule has 0 bridgehead atoms. The molecule has 1 amide bonds. The molecule has 0 aliphatic carbocycles. The molecule has 1 N–H and O–H groups in total. The van der Waals surface area contributed by atoms with Crippen molar-refractivity contribution in [3.63, 3.8) is 0 Å². The smallest absolute Gasteiger partial charge is 0.228 e. The van der Waals surface area contributed by atoms with Crippen LogP contribution in [0.2, 0.25) is 0 Å². The summed E-state index contributed by atoms with van der Waals surface area (Å²) < 4.78 is 10.7. The van der Waals surface area contributed by atoms with Gasteiger partial charge in [-0.3, -0.25) is 4.79 Å². The van der Waals surface area contributed by atoms with Gasteiger partial charge in [-0.15, -0.1) is 0 Å². The van der Waals surface area contributed by atoms with Crippen LogP contribution in [0.5, 0.6) is 5.75 Å². The van der Waals surface area contributed by atoms with Crippen LogP contribution in [0.25, 0.3) is 11.0 Å². The second-order valence-corrected chi connectivity index (χ2v) is 6.43. The Kier molecular flexibility index (Phi) is 5.33. The maximum atomic E-state index is 12.4. The first kappa shape index (κ1) is 18.4. The number of hydrogen-bond donors (Lipinski definition) is 1. The number of furan rings is 1. The van der Waals surface area contributed by atoms with Crippen molar-refractivity contribution in [2.75, 3.05) is 12.4 Å². The summed E-state index contributed by atoms with van der Waals surface area (Å²) in [6.07, 6.45) is 1.82. The van der Waals surface area contributed by atoms with E-state index in [0.29, 0.717) is 22.7 Å². The topological polar surface area (TPSA) is 76.2 Å². The van der Waals surface area contributed by atoms with E-state index >= 15 is 0 Å². The lowest BCUT2D eigenvalue weighted by Gasteiger charge is -2.05. The Labute approximate surface area is 167 Å². The minimum Gasteiger partial charge on any atom is -0.497 e. The largest absolute Gasteiger partial charge is 0.497 e. The summed E-state index contributed by atoms with van der Waals surface area (Å²) in [5, 5.41) is 12.2. The van der Waals surface area contributed by atoms with E-state index in [-0.39, 0.29) is 12.3 Å². The number of nitrogens with zero attached hydrogens (tertiary/aromatic N) is 2. The van der Waals surface area contributed by atoms with Gasteiger partial charge in [0.2, 0.25) is 5.91 Å². The number of benzene rings is 3. The third-order valence-electron chi connectivity index (χ3n) is 4.40. The lowest BCUT2D eigenvalue weighted by molar-refractivity contribution is -0.115. The SMILES string of the molecule is COc1ccc2c(CC(=O)Nc3ccc(N=Nc4ccccc4)cc3)coc2c1. The summed E-state index contributed by atoms with van der Waals surface area (Å²) in [6, 6.07) is 22.3. The van der Waals surface area contributed by atoms with Crippen molar-refractivity contribution >= 4 is 33.9 Å². The molecule has 0 saturated heterocycles. The molecule has 144 valence electrons. The highest BCUT2D eigenvalue weighted by atomic mass is 16.5. The number of rotatable bonds is 6. The fourth-order valence-corrected chi connectivity index (χ4v) is 2.93. The zero-order valence-electron chi connectivity index (χ0n) is 15.8. The molecule has 6 heteroatoms. The first-order valence-electron chi connectivity index (χ1n) is 9.12. The molecule has 3 aromatic carbocycles. The predicted molar refractivity (Wildman–Crippen MR) is 112 cm³/mol. The Hall–Kier alpha value is -3.93. The number of fused-ring (bicyclic) bond motifs is 1. The van der Waals surface area contributed by atoms with Gasteiger partial charge >= 0.3 is 0 Å². The van der Waals surface area contributed by atoms with Crippen molar-refractivity contribution in [3.05, 3.63) is 84.6 Å². The highest BCUT2D eigenvalue weighted by Gasteiger charge is 2.11. The van der Waals surface area contributed by atoms with Crippen LogP contribution in [0.1, 0.15) is 5.56 Å². The van der Waals surface area contributed by atoms with Crippen LogP contribution in [0, 0.1) is 0 Å². The van der Waals surface area contributed by atoms with Gasteiger partial charge in [0.1, 0.15) is 11.3 Å². The zero-order valence-corrected chi connectivity index (χ0v) is 15.8. The third kappa shape index (κ3) is 4.50. The van der Waals surface area contributed by atoms with E-state index in [1.54, 1.807) is 31.6 Å². The van der Waals surface area contributed by atoms with Gasteiger partial charge in [0.15, 0.2) is 0 Å². The van der Waals surface area contributed by atoms with E-state index in [1.165, 1.54) is 0 Å². The Morgan fingerprint density at radius 3 is 2.41 bits per heavy atom. The van der Waals surface area contributed by atoms with Gasteiger partial charge in [-0.1, -0.05) is 18.2 Å². The van der Waals surface area contributed by atoms with E-state index in [9.17, 15) is 4.79 Å². The highest BCUT2D eigenvalue weighted by molar-refractivity contribution is 5.95. The van der Waals surface area contributed by atoms with Gasteiger partial charge in [-0.2, -0.15) is 10.2 Å². The van der Waals surface area contributed by atoms with Gasteiger partial charge in [-0.25, -0.2) is 0 Å². The van der Waals surface area contributed by atoms with Crippen molar-refractivity contribution in [3.8, 4) is 5.75 Å². The number of azo groups is 1. The average molecular weight is 385 g/mol. The molecule has 0 radical (unpaired) electrons. The fraction of sp³-hybridized carbons (Fsp3) is 0.0870. The fourth-order valence-electron chi connectivity index (χ4n) is 2.93. The van der Waals surface area contributed by atoms with Crippen molar-refractivity contribution in [2.45, 2.75) is 6.42 Å². The third-order valence-corrected chi connectivity index (χ3v) is 4.40. The molecule has 29 heavy (non-hydrogen) atoms. The Morgan fingerprint density at radius 2 is 1.69 bits per heavy atom. The Morgan fingerprint density at radius 1 is 0.966 bits per heavy atom. The molecule has 0 fully saturated rings. The lowest BCUT2D eigenvalue weighted by atomic mass is 10.1. The number of nitrogens with one attached hydrogen (secondary N) is 1. The number of carbonyl (C=O) groups excluding carboxylic acids is 1. The van der Waals surface area contributed by atoms with Gasteiger partial charge in [0, 0.05) is 22.7 Å². The van der Waals surface area contributed by atoms with Gasteiger partial charge in [0.05, 0.1) is 31.2 Å². The molecule has 0 aliphatic rings. The molecule has 6 nitrogen and oxygen atoms in total. The molecule has 0 spiro atoms. The lowest BCUT2D eigenvalue weighted by Crippen LogP contribution is -2.13. The number of ether oxygens (including phenoxy) is 1. The second kappa shape index (κ2) is 8.39. The van der Waals surface area contributed by atoms with Crippen LogP contribution in [-0.4, -0.2) is 13.0 Å². The molecule has 0 aliphatic heterocycles. The summed E-state index contributed by atoms with van der Waals surface area (Å²) in [5.74, 6) is 0.592. The first-order valence-corrected chi connectivity index (χ1v) is 9.12. The van der Waals surface area contributed by atoms with Crippen molar-refractivity contribution in [1.82, 2.24) is 0 Å². The van der Waals surface area contributed by atoms with Gasteiger partial charge in [0.25, 0.3) is 0 Å². The molecule has 0 unspecified atom stereocenters. The van der Waals surface area contributed by atoms with Crippen LogP contribution in [0.3, 0.4) is 0 Å². The molecule has 0 atom stereocenters. The van der Waals surface area contributed by atoms with Crippen LogP contribution in [0.15, 0.2) is 93.7 Å². The molecule has 1 heterocycles. The van der Waals surface area contributed by atoms with Gasteiger partial charge < -0.3 is 14.5 Å². The second-order valence-electron chi connectivity index (χ2n) is 6.43. The van der Waals surface area contributed by atoms with E-state index in [4.69, 9.17) is 9.15 Å². The van der Waals surface area contributed by atoms with Crippen LogP contribution in [0.4, 0.5) is 17.1 Å². The molecular formula is C23H19N3O3.